The van der Waals surface area contributed by atoms with Crippen LogP contribution in [0.25, 0.3) is 0 Å². The smallest absolute Gasteiger partial charge is 0.335 e. The zero-order valence-corrected chi connectivity index (χ0v) is 22.2. The van der Waals surface area contributed by atoms with Crippen LogP contribution in [0, 0.1) is 11.2 Å². The van der Waals surface area contributed by atoms with E-state index in [0.717, 1.165) is 56.0 Å². The third-order valence-corrected chi connectivity index (χ3v) is 10.0. The highest BCUT2D eigenvalue weighted by molar-refractivity contribution is 5.92. The Bertz CT molecular complexity index is 1260. The number of amides is 2. The summed E-state index contributed by atoms with van der Waals surface area (Å²) in [5, 5.41) is 16.3. The van der Waals surface area contributed by atoms with Gasteiger partial charge in [0.25, 0.3) is 0 Å². The van der Waals surface area contributed by atoms with Crippen molar-refractivity contribution in [3.63, 3.8) is 0 Å². The van der Waals surface area contributed by atoms with Crippen LogP contribution in [0.4, 0.5) is 14.9 Å². The predicted molar refractivity (Wildman–Crippen MR) is 140 cm³/mol. The fourth-order valence-electron chi connectivity index (χ4n) is 7.37. The van der Waals surface area contributed by atoms with Crippen LogP contribution in [-0.2, 0) is 11.3 Å². The van der Waals surface area contributed by atoms with Gasteiger partial charge < -0.3 is 24.6 Å². The molecule has 2 N–H and O–H groups in total. The molecule has 39 heavy (non-hydrogen) atoms. The molecular formula is C30H36FN3O5. The number of aromatic carboxylic acids is 1. The highest BCUT2D eigenvalue weighted by Gasteiger charge is 2.47. The first-order chi connectivity index (χ1) is 18.9. The fraction of sp³-hybridized carbons (Fsp3) is 0.633. The molecule has 5 fully saturated rings. The molecule has 2 unspecified atom stereocenters. The number of anilines is 1. The monoisotopic (exact) mass is 537 g/mol. The highest BCUT2D eigenvalue weighted by atomic mass is 19.1. The average Bonchev–Trinajstić information content (AvgIpc) is 3.85. The maximum atomic E-state index is 14.4. The van der Waals surface area contributed by atoms with Crippen LogP contribution in [0.5, 0.6) is 0 Å². The van der Waals surface area contributed by atoms with Gasteiger partial charge in [0, 0.05) is 29.5 Å². The van der Waals surface area contributed by atoms with Crippen LogP contribution >= 0.6 is 0 Å². The lowest BCUT2D eigenvalue weighted by atomic mass is 9.77. The first-order valence-electron chi connectivity index (χ1n) is 14.6. The maximum absolute atomic E-state index is 14.4. The number of benzene rings is 1. The summed E-state index contributed by atoms with van der Waals surface area (Å²) < 4.78 is 26.9. The molecule has 7 rings (SSSR count). The minimum Gasteiger partial charge on any atom is -0.478 e. The molecule has 2 bridgehead atoms. The van der Waals surface area contributed by atoms with Gasteiger partial charge in [-0.05, 0) is 101 Å². The molecule has 1 aromatic heterocycles. The lowest BCUT2D eigenvalue weighted by Crippen LogP contribution is -2.50. The Kier molecular flexibility index (Phi) is 6.17. The molecule has 1 aromatic carbocycles. The number of nitrogens with one attached hydrogen (secondary N) is 1. The first kappa shape index (κ1) is 25.1. The van der Waals surface area contributed by atoms with Gasteiger partial charge in [-0.2, -0.15) is 0 Å². The lowest BCUT2D eigenvalue weighted by molar-refractivity contribution is -0.0163. The Balaban J connectivity index is 0.991. The molecule has 2 amide bonds. The van der Waals surface area contributed by atoms with Gasteiger partial charge in [-0.25, -0.2) is 14.0 Å². The quantitative estimate of drug-likeness (QED) is 0.414. The average molecular weight is 538 g/mol. The van der Waals surface area contributed by atoms with Crippen molar-refractivity contribution in [2.24, 2.45) is 5.41 Å². The second kappa shape index (κ2) is 9.61. The Morgan fingerprint density at radius 2 is 1.77 bits per heavy atom. The summed E-state index contributed by atoms with van der Waals surface area (Å²) in [5.74, 6) is 0.0232. The first-order valence-corrected chi connectivity index (χ1v) is 14.6. The van der Waals surface area contributed by atoms with Crippen molar-refractivity contribution in [3.8, 4) is 0 Å². The summed E-state index contributed by atoms with van der Waals surface area (Å²) in [6.07, 6.45) is 13.4. The minimum atomic E-state index is -1.21. The number of hydrogen-bond donors (Lipinski definition) is 2. The number of carbonyl (C=O) groups excluding carboxylic acids is 1. The zero-order valence-electron chi connectivity index (χ0n) is 22.2. The van der Waals surface area contributed by atoms with E-state index >= 15 is 0 Å². The van der Waals surface area contributed by atoms with Crippen molar-refractivity contribution in [2.45, 2.75) is 114 Å². The number of hydrogen-bond acceptors (Lipinski definition) is 5. The van der Waals surface area contributed by atoms with Crippen LogP contribution < -0.4 is 5.32 Å². The Morgan fingerprint density at radius 1 is 1.05 bits per heavy atom. The largest absolute Gasteiger partial charge is 0.478 e. The van der Waals surface area contributed by atoms with Gasteiger partial charge >= 0.3 is 12.0 Å². The molecule has 5 aliphatic rings. The molecule has 2 saturated heterocycles. The van der Waals surface area contributed by atoms with Crippen LogP contribution in [0.15, 0.2) is 22.7 Å². The number of halogens is 1. The van der Waals surface area contributed by atoms with E-state index in [4.69, 9.17) is 14.4 Å². The Hall–Kier alpha value is -2.94. The Morgan fingerprint density at radius 3 is 2.38 bits per heavy atom. The number of aromatic nitrogens is 1. The lowest BCUT2D eigenvalue weighted by Gasteiger charge is -2.38. The van der Waals surface area contributed by atoms with E-state index in [1.165, 1.54) is 56.2 Å². The number of carboxylic acids is 1. The van der Waals surface area contributed by atoms with Crippen molar-refractivity contribution in [2.75, 3.05) is 5.32 Å². The van der Waals surface area contributed by atoms with Gasteiger partial charge in [-0.3, -0.25) is 0 Å². The molecule has 8 nitrogen and oxygen atoms in total. The summed E-state index contributed by atoms with van der Waals surface area (Å²) >= 11 is 0. The van der Waals surface area contributed by atoms with Gasteiger partial charge in [0.2, 0.25) is 0 Å². The van der Waals surface area contributed by atoms with E-state index in [0.29, 0.717) is 23.9 Å². The summed E-state index contributed by atoms with van der Waals surface area (Å²) in [7, 11) is 0. The van der Waals surface area contributed by atoms with Crippen LogP contribution in [0.2, 0.25) is 0 Å². The number of piperidine rings is 1. The summed E-state index contributed by atoms with van der Waals surface area (Å²) in [4.78, 5) is 26.0. The molecule has 0 radical (unpaired) electrons. The maximum Gasteiger partial charge on any atom is 0.335 e. The van der Waals surface area contributed by atoms with E-state index in [-0.39, 0.29) is 35.5 Å². The molecule has 3 heterocycles. The number of fused-ring (bicyclic) bond motifs is 2. The standard InChI is InChI=1S/C30H36FN3O5/c31-24-13-19(28(35)36)3-6-25(24)32-29(37)34-20-4-5-21(34)15-22(14-20)38-16-23-26(33-39-27(23)18-1-2-18)17-7-9-30(10-8-17)11-12-30/h3,6,13,17-18,20-22H,1-2,4-5,7-12,14-16H2,(H,32,37)(H,35,36). The van der Waals surface area contributed by atoms with Crippen molar-refractivity contribution in [1.29, 1.82) is 0 Å². The van der Waals surface area contributed by atoms with Gasteiger partial charge in [0.1, 0.15) is 11.6 Å². The number of carbonyl (C=O) groups is 2. The molecule has 9 heteroatoms. The predicted octanol–water partition coefficient (Wildman–Crippen LogP) is 6.57. The molecule has 3 aliphatic carbocycles. The number of ether oxygens (including phenoxy) is 1. The number of urea groups is 1. The normalized spacial score (nSPS) is 27.6. The van der Waals surface area contributed by atoms with Crippen molar-refractivity contribution < 1.29 is 28.3 Å². The summed E-state index contributed by atoms with van der Waals surface area (Å²) in [6, 6.07) is 3.26. The van der Waals surface area contributed by atoms with Crippen molar-refractivity contribution in [1.82, 2.24) is 10.1 Å². The van der Waals surface area contributed by atoms with E-state index < -0.39 is 11.8 Å². The molecule has 1 spiro atoms. The number of rotatable bonds is 7. The van der Waals surface area contributed by atoms with E-state index in [1.807, 2.05) is 4.90 Å². The van der Waals surface area contributed by atoms with E-state index in [2.05, 4.69) is 10.5 Å². The number of nitrogens with zero attached hydrogens (tertiary/aromatic N) is 2. The minimum absolute atomic E-state index is 0.00862. The van der Waals surface area contributed by atoms with Crippen LogP contribution in [-0.4, -0.2) is 45.4 Å². The molecule has 2 aromatic rings. The van der Waals surface area contributed by atoms with Crippen molar-refractivity contribution in [3.05, 3.63) is 46.6 Å². The fourth-order valence-corrected chi connectivity index (χ4v) is 7.37. The topological polar surface area (TPSA) is 105 Å². The molecule has 3 saturated carbocycles. The van der Waals surface area contributed by atoms with E-state index in [9.17, 15) is 14.0 Å². The van der Waals surface area contributed by atoms with E-state index in [1.54, 1.807) is 0 Å². The second-order valence-corrected chi connectivity index (χ2v) is 12.6. The number of carboxylic acid groups (broad SMARTS) is 1. The molecule has 2 atom stereocenters. The highest BCUT2D eigenvalue weighted by Crippen LogP contribution is 2.59. The third kappa shape index (κ3) is 4.83. The molecular weight excluding hydrogens is 501 g/mol. The van der Waals surface area contributed by atoms with Gasteiger partial charge in [-0.15, -0.1) is 0 Å². The second-order valence-electron chi connectivity index (χ2n) is 12.6. The van der Waals surface area contributed by atoms with Crippen molar-refractivity contribution >= 4 is 17.7 Å². The third-order valence-electron chi connectivity index (χ3n) is 10.0. The zero-order chi connectivity index (χ0) is 26.7. The molecule has 208 valence electrons. The molecule has 2 aliphatic heterocycles. The van der Waals surface area contributed by atoms with Crippen LogP contribution in [0.3, 0.4) is 0 Å². The van der Waals surface area contributed by atoms with Gasteiger partial charge in [0.15, 0.2) is 0 Å². The van der Waals surface area contributed by atoms with Crippen LogP contribution in [0.1, 0.15) is 116 Å². The summed E-state index contributed by atoms with van der Waals surface area (Å²) in [6.45, 7) is 0.518. The SMILES string of the molecule is O=C(O)c1ccc(NC(=O)N2C3CCC2CC(OCc2c(C4CCC5(CC4)CC5)noc2C2CC2)C3)c(F)c1. The summed E-state index contributed by atoms with van der Waals surface area (Å²) in [5.41, 5.74) is 2.79. The van der Waals surface area contributed by atoms with Gasteiger partial charge in [0.05, 0.1) is 29.7 Å². The van der Waals surface area contributed by atoms with Gasteiger partial charge in [-0.1, -0.05) is 5.16 Å². The Labute approximate surface area is 227 Å².